The Hall–Kier alpha value is -3.02. The summed E-state index contributed by atoms with van der Waals surface area (Å²) >= 11 is 0. The van der Waals surface area contributed by atoms with Gasteiger partial charge in [0.25, 0.3) is 5.91 Å². The predicted molar refractivity (Wildman–Crippen MR) is 106 cm³/mol. The molecule has 2 aliphatic heterocycles. The molecule has 0 saturated carbocycles. The number of rotatable bonds is 4. The van der Waals surface area contributed by atoms with Gasteiger partial charge in [0.2, 0.25) is 5.91 Å². The molecule has 1 saturated heterocycles. The Balaban J connectivity index is 1.75. The Kier molecular flexibility index (Phi) is 4.49. The van der Waals surface area contributed by atoms with E-state index >= 15 is 0 Å². The maximum Gasteiger partial charge on any atom is 0.254 e. The van der Waals surface area contributed by atoms with E-state index in [1.807, 2.05) is 24.3 Å². The van der Waals surface area contributed by atoms with E-state index in [2.05, 4.69) is 12.2 Å². The van der Waals surface area contributed by atoms with Gasteiger partial charge in [-0.1, -0.05) is 31.5 Å². The van der Waals surface area contributed by atoms with Gasteiger partial charge in [-0.3, -0.25) is 9.59 Å². The van der Waals surface area contributed by atoms with E-state index in [9.17, 15) is 14.7 Å². The molecular formula is C22H24N2O4. The van der Waals surface area contributed by atoms with Crippen molar-refractivity contribution in [3.8, 4) is 11.5 Å². The minimum atomic E-state index is -0.719. The second kappa shape index (κ2) is 6.86. The number of hydrogen-bond acceptors (Lipinski definition) is 4. The van der Waals surface area contributed by atoms with Gasteiger partial charge in [0.05, 0.1) is 18.6 Å². The third-order valence-corrected chi connectivity index (χ3v) is 5.95. The Bertz CT molecular complexity index is 942. The van der Waals surface area contributed by atoms with Crippen LogP contribution in [-0.4, -0.2) is 41.5 Å². The number of phenols is 1. The number of ether oxygens (including phenoxy) is 1. The van der Waals surface area contributed by atoms with Crippen molar-refractivity contribution in [2.75, 3.05) is 19.0 Å². The highest BCUT2D eigenvalue weighted by Gasteiger charge is 2.58. The summed E-state index contributed by atoms with van der Waals surface area (Å²) in [6.07, 6.45) is 2.17. The molecule has 146 valence electrons. The van der Waals surface area contributed by atoms with Crippen LogP contribution >= 0.6 is 0 Å². The molecule has 1 spiro atoms. The summed E-state index contributed by atoms with van der Waals surface area (Å²) in [5, 5.41) is 13.0. The number of likely N-dealkylation sites (tertiary alicyclic amines) is 1. The molecule has 1 fully saturated rings. The number of methoxy groups -OCH3 is 1. The molecule has 2 N–H and O–H groups in total. The van der Waals surface area contributed by atoms with E-state index < -0.39 is 5.41 Å². The zero-order valence-corrected chi connectivity index (χ0v) is 16.1. The van der Waals surface area contributed by atoms with Crippen LogP contribution in [0.3, 0.4) is 0 Å². The van der Waals surface area contributed by atoms with Gasteiger partial charge < -0.3 is 20.1 Å². The molecule has 0 bridgehead atoms. The summed E-state index contributed by atoms with van der Waals surface area (Å²) in [5.74, 6) is 0.179. The van der Waals surface area contributed by atoms with Crippen LogP contribution in [-0.2, 0) is 10.2 Å². The number of nitrogens with one attached hydrogen (secondary N) is 1. The van der Waals surface area contributed by atoms with Crippen LogP contribution in [0.15, 0.2) is 42.5 Å². The largest absolute Gasteiger partial charge is 0.508 e. The van der Waals surface area contributed by atoms with Crippen molar-refractivity contribution in [2.24, 2.45) is 0 Å². The van der Waals surface area contributed by atoms with E-state index in [0.717, 1.165) is 24.1 Å². The maximum atomic E-state index is 13.3. The molecular weight excluding hydrogens is 356 g/mol. The van der Waals surface area contributed by atoms with Gasteiger partial charge in [0, 0.05) is 23.9 Å². The topological polar surface area (TPSA) is 78.9 Å². The first-order chi connectivity index (χ1) is 13.5. The molecule has 0 aromatic heterocycles. The minimum absolute atomic E-state index is 0.0207. The number of carbonyl (C=O) groups is 2. The number of para-hydroxylation sites is 1. The standard InChI is InChI=1S/C22H24N2O4/c1-3-6-19-22(17-7-4-5-8-18(17)23-21(22)27)9-10-24(19)20(26)14-11-15(25)13-16(12-14)28-2/h4-5,7-8,11-13,19,25H,3,6,9-10H2,1-2H3,(H,23,27)/t19-,22+/m0/s1. The lowest BCUT2D eigenvalue weighted by Crippen LogP contribution is -2.48. The smallest absolute Gasteiger partial charge is 0.254 e. The quantitative estimate of drug-likeness (QED) is 0.853. The lowest BCUT2D eigenvalue weighted by atomic mass is 9.73. The first-order valence-corrected chi connectivity index (χ1v) is 9.61. The van der Waals surface area contributed by atoms with Crippen LogP contribution in [0.4, 0.5) is 5.69 Å². The Morgan fingerprint density at radius 1 is 1.32 bits per heavy atom. The molecule has 4 rings (SSSR count). The SMILES string of the molecule is CCC[C@@H]1N(C(=O)c2cc(O)cc(OC)c2)CC[C@]12C(=O)Nc1ccccc12. The van der Waals surface area contributed by atoms with Crippen LogP contribution in [0.1, 0.15) is 42.1 Å². The van der Waals surface area contributed by atoms with Crippen molar-refractivity contribution in [2.45, 2.75) is 37.6 Å². The molecule has 2 amide bonds. The average molecular weight is 380 g/mol. The van der Waals surface area contributed by atoms with Gasteiger partial charge in [-0.25, -0.2) is 0 Å². The second-order valence-corrected chi connectivity index (χ2v) is 7.44. The summed E-state index contributed by atoms with van der Waals surface area (Å²) in [6, 6.07) is 12.0. The summed E-state index contributed by atoms with van der Waals surface area (Å²) in [6.45, 7) is 2.55. The lowest BCUT2D eigenvalue weighted by molar-refractivity contribution is -0.121. The normalized spacial score (nSPS) is 23.0. The molecule has 2 heterocycles. The number of nitrogens with zero attached hydrogens (tertiary/aromatic N) is 1. The number of benzene rings is 2. The first kappa shape index (κ1) is 18.3. The zero-order valence-electron chi connectivity index (χ0n) is 16.1. The predicted octanol–water partition coefficient (Wildman–Crippen LogP) is 3.31. The van der Waals surface area contributed by atoms with Crippen molar-refractivity contribution in [3.05, 3.63) is 53.6 Å². The van der Waals surface area contributed by atoms with Crippen molar-refractivity contribution < 1.29 is 19.4 Å². The molecule has 28 heavy (non-hydrogen) atoms. The van der Waals surface area contributed by atoms with E-state index in [1.165, 1.54) is 19.2 Å². The second-order valence-electron chi connectivity index (χ2n) is 7.44. The number of anilines is 1. The molecule has 2 atom stereocenters. The maximum absolute atomic E-state index is 13.3. The van der Waals surface area contributed by atoms with Gasteiger partial charge in [-0.05, 0) is 36.6 Å². The van der Waals surface area contributed by atoms with Crippen molar-refractivity contribution in [1.82, 2.24) is 4.90 Å². The van der Waals surface area contributed by atoms with Gasteiger partial charge in [0.15, 0.2) is 0 Å². The molecule has 2 aromatic rings. The molecule has 2 aromatic carbocycles. The van der Waals surface area contributed by atoms with E-state index in [1.54, 1.807) is 11.0 Å². The van der Waals surface area contributed by atoms with Gasteiger partial charge >= 0.3 is 0 Å². The van der Waals surface area contributed by atoms with Crippen LogP contribution in [0.5, 0.6) is 11.5 Å². The van der Waals surface area contributed by atoms with Crippen LogP contribution in [0.2, 0.25) is 0 Å². The van der Waals surface area contributed by atoms with Crippen LogP contribution in [0.25, 0.3) is 0 Å². The van der Waals surface area contributed by atoms with Crippen molar-refractivity contribution >= 4 is 17.5 Å². The van der Waals surface area contributed by atoms with Crippen molar-refractivity contribution in [1.29, 1.82) is 0 Å². The number of phenolic OH excluding ortho intramolecular Hbond substituents is 1. The van der Waals surface area contributed by atoms with Gasteiger partial charge in [-0.2, -0.15) is 0 Å². The molecule has 2 aliphatic rings. The van der Waals surface area contributed by atoms with E-state index in [0.29, 0.717) is 24.3 Å². The highest BCUT2D eigenvalue weighted by Crippen LogP contribution is 2.49. The average Bonchev–Trinajstić information content (AvgIpc) is 3.21. The summed E-state index contributed by atoms with van der Waals surface area (Å²) < 4.78 is 5.18. The summed E-state index contributed by atoms with van der Waals surface area (Å²) in [7, 11) is 1.49. The Labute approximate surface area is 164 Å². The number of amides is 2. The van der Waals surface area contributed by atoms with E-state index in [4.69, 9.17) is 4.74 Å². The summed E-state index contributed by atoms with van der Waals surface area (Å²) in [4.78, 5) is 28.2. The van der Waals surface area contributed by atoms with Crippen LogP contribution in [0, 0.1) is 0 Å². The van der Waals surface area contributed by atoms with Gasteiger partial charge in [-0.15, -0.1) is 0 Å². The molecule has 0 radical (unpaired) electrons. The first-order valence-electron chi connectivity index (χ1n) is 9.61. The molecule has 0 aliphatic carbocycles. The fourth-order valence-electron chi connectivity index (χ4n) is 4.71. The number of carbonyl (C=O) groups excluding carboxylic acids is 2. The Morgan fingerprint density at radius 2 is 2.11 bits per heavy atom. The van der Waals surface area contributed by atoms with Gasteiger partial charge in [0.1, 0.15) is 11.5 Å². The zero-order chi connectivity index (χ0) is 19.9. The van der Waals surface area contributed by atoms with Crippen LogP contribution < -0.4 is 10.1 Å². The van der Waals surface area contributed by atoms with Crippen molar-refractivity contribution in [3.63, 3.8) is 0 Å². The highest BCUT2D eigenvalue weighted by molar-refractivity contribution is 6.08. The summed E-state index contributed by atoms with van der Waals surface area (Å²) in [5.41, 5.74) is 1.45. The molecule has 6 heteroatoms. The monoisotopic (exact) mass is 380 g/mol. The highest BCUT2D eigenvalue weighted by atomic mass is 16.5. The minimum Gasteiger partial charge on any atom is -0.508 e. The Morgan fingerprint density at radius 3 is 2.86 bits per heavy atom. The number of aromatic hydroxyl groups is 1. The fraction of sp³-hybridized carbons (Fsp3) is 0.364. The molecule has 6 nitrogen and oxygen atoms in total. The number of hydrogen-bond donors (Lipinski definition) is 2. The fourth-order valence-corrected chi connectivity index (χ4v) is 4.71. The third-order valence-electron chi connectivity index (χ3n) is 5.95. The lowest BCUT2D eigenvalue weighted by Gasteiger charge is -2.34. The van der Waals surface area contributed by atoms with E-state index in [-0.39, 0.29) is 23.6 Å². The molecule has 0 unspecified atom stereocenters. The number of fused-ring (bicyclic) bond motifs is 2. The third kappa shape index (κ3) is 2.63.